The number of urea groups is 1. The zero-order chi connectivity index (χ0) is 31.3. The summed E-state index contributed by atoms with van der Waals surface area (Å²) in [5.74, 6) is -4.88. The normalized spacial score (nSPS) is 13.9. The van der Waals surface area contributed by atoms with Gasteiger partial charge in [-0.25, -0.2) is 9.59 Å². The van der Waals surface area contributed by atoms with Crippen LogP contribution in [0.2, 0.25) is 0 Å². The molecular formula is C26H40N6O9. The Labute approximate surface area is 237 Å². The Bertz CT molecular complexity index is 1080. The topological polar surface area (TPSA) is 249 Å². The average Bonchev–Trinajstić information content (AvgIpc) is 2.88. The summed E-state index contributed by atoms with van der Waals surface area (Å²) in [7, 11) is 0. The number of carboxylic acid groups (broad SMARTS) is 2. The smallest absolute Gasteiger partial charge is 0.326 e. The van der Waals surface area contributed by atoms with E-state index in [9.17, 15) is 39.0 Å². The van der Waals surface area contributed by atoms with E-state index in [1.54, 1.807) is 13.8 Å². The number of rotatable bonds is 16. The number of carboxylic acids is 2. The number of amides is 5. The quantitative estimate of drug-likeness (QED) is 0.127. The van der Waals surface area contributed by atoms with Crippen LogP contribution in [0.15, 0.2) is 24.3 Å². The zero-order valence-corrected chi connectivity index (χ0v) is 23.5. The number of aliphatic hydroxyl groups excluding tert-OH is 1. The fourth-order valence-corrected chi connectivity index (χ4v) is 3.54. The second-order valence-electron chi connectivity index (χ2n) is 10.2. The number of nitrogens with one attached hydrogen (secondary N) is 5. The summed E-state index contributed by atoms with van der Waals surface area (Å²) in [6.45, 7) is 6.09. The lowest BCUT2D eigenvalue weighted by atomic mass is 10.00. The molecule has 0 bridgehead atoms. The van der Waals surface area contributed by atoms with Crippen LogP contribution in [-0.2, 0) is 24.0 Å². The fraction of sp³-hybridized carbons (Fsp3) is 0.538. The minimum atomic E-state index is -1.43. The van der Waals surface area contributed by atoms with Gasteiger partial charge in [0.25, 0.3) is 0 Å². The van der Waals surface area contributed by atoms with Crippen molar-refractivity contribution in [1.82, 2.24) is 16.0 Å². The molecule has 0 saturated carbocycles. The van der Waals surface area contributed by atoms with Gasteiger partial charge < -0.3 is 47.6 Å². The number of aliphatic carboxylic acids is 2. The Morgan fingerprint density at radius 2 is 1.32 bits per heavy atom. The van der Waals surface area contributed by atoms with Gasteiger partial charge >= 0.3 is 18.0 Å². The molecule has 228 valence electrons. The molecule has 0 fully saturated rings. The van der Waals surface area contributed by atoms with Gasteiger partial charge in [-0.2, -0.15) is 0 Å². The lowest BCUT2D eigenvalue weighted by Crippen LogP contribution is -2.57. The van der Waals surface area contributed by atoms with Crippen molar-refractivity contribution in [2.45, 2.75) is 71.1 Å². The summed E-state index contributed by atoms with van der Waals surface area (Å²) in [4.78, 5) is 72.2. The first-order valence-electron chi connectivity index (χ1n) is 13.0. The first kappa shape index (κ1) is 34.8. The van der Waals surface area contributed by atoms with Crippen LogP contribution >= 0.6 is 0 Å². The van der Waals surface area contributed by atoms with Gasteiger partial charge in [0.1, 0.15) is 18.1 Å². The van der Waals surface area contributed by atoms with Crippen molar-refractivity contribution in [3.63, 3.8) is 0 Å². The van der Waals surface area contributed by atoms with Gasteiger partial charge in [-0.05, 0) is 48.9 Å². The largest absolute Gasteiger partial charge is 0.481 e. The highest BCUT2D eigenvalue weighted by Crippen LogP contribution is 2.14. The number of aliphatic hydroxyl groups is 1. The Kier molecular flexibility index (Phi) is 14.2. The third-order valence-corrected chi connectivity index (χ3v) is 5.79. The molecule has 0 aliphatic heterocycles. The van der Waals surface area contributed by atoms with Crippen LogP contribution in [0.3, 0.4) is 0 Å². The van der Waals surface area contributed by atoms with Crippen LogP contribution in [0, 0.1) is 11.8 Å². The van der Waals surface area contributed by atoms with E-state index in [0.717, 1.165) is 0 Å². The van der Waals surface area contributed by atoms with Crippen LogP contribution in [0.4, 0.5) is 16.2 Å². The number of anilines is 2. The van der Waals surface area contributed by atoms with E-state index in [1.165, 1.54) is 24.3 Å². The van der Waals surface area contributed by atoms with Crippen molar-refractivity contribution in [3.05, 3.63) is 24.3 Å². The highest BCUT2D eigenvalue weighted by atomic mass is 16.4. The van der Waals surface area contributed by atoms with E-state index >= 15 is 0 Å². The molecule has 0 saturated heterocycles. The van der Waals surface area contributed by atoms with Crippen molar-refractivity contribution < 1.29 is 44.1 Å². The van der Waals surface area contributed by atoms with Gasteiger partial charge in [0.2, 0.25) is 17.7 Å². The molecule has 4 atom stereocenters. The fourth-order valence-electron chi connectivity index (χ4n) is 3.54. The van der Waals surface area contributed by atoms with E-state index in [4.69, 9.17) is 10.8 Å². The number of nitrogens with two attached hydrogens (primary N) is 1. The lowest BCUT2D eigenvalue weighted by molar-refractivity contribution is -0.143. The first-order valence-corrected chi connectivity index (χ1v) is 13.0. The van der Waals surface area contributed by atoms with Gasteiger partial charge in [0.05, 0.1) is 12.6 Å². The summed E-state index contributed by atoms with van der Waals surface area (Å²) in [5.41, 5.74) is 6.29. The van der Waals surface area contributed by atoms with Gasteiger partial charge in [0.15, 0.2) is 0 Å². The monoisotopic (exact) mass is 580 g/mol. The van der Waals surface area contributed by atoms with Crippen LogP contribution < -0.4 is 32.3 Å². The standard InChI is InChI=1S/C26H40N6O9/c1-13(2)11-18(23(37)32-21(14(3)4)25(39)40)30-24(38)19(12-33)31-26(41)29-16-7-5-15(6-8-16)28-22(36)17(27)9-10-20(34)35/h5-8,13-14,17-19,21,33H,9-12,27H2,1-4H3,(H,28,36)(H,30,38)(H,32,37)(H,34,35)(H,39,40)(H2,29,31,41)/t17-,18-,19-,21-/m0/s1. The van der Waals surface area contributed by atoms with Gasteiger partial charge in [-0.3, -0.25) is 19.2 Å². The van der Waals surface area contributed by atoms with Crippen molar-refractivity contribution in [2.75, 3.05) is 17.2 Å². The average molecular weight is 581 g/mol. The minimum Gasteiger partial charge on any atom is -0.481 e. The first-order chi connectivity index (χ1) is 19.1. The molecule has 1 rings (SSSR count). The van der Waals surface area contributed by atoms with E-state index in [-0.39, 0.29) is 30.9 Å². The maximum atomic E-state index is 12.8. The molecule has 0 aromatic heterocycles. The zero-order valence-electron chi connectivity index (χ0n) is 23.5. The number of hydrogen-bond acceptors (Lipinski definition) is 8. The molecule has 1 aromatic rings. The number of carbonyl (C=O) groups is 6. The van der Waals surface area contributed by atoms with Crippen molar-refractivity contribution in [2.24, 2.45) is 17.6 Å². The molecule has 0 spiro atoms. The van der Waals surface area contributed by atoms with Crippen molar-refractivity contribution >= 4 is 47.1 Å². The van der Waals surface area contributed by atoms with E-state index in [1.807, 2.05) is 13.8 Å². The molecule has 0 radical (unpaired) electrons. The summed E-state index contributed by atoms with van der Waals surface area (Å²) in [5, 5.41) is 40.0. The second-order valence-corrected chi connectivity index (χ2v) is 10.2. The van der Waals surface area contributed by atoms with Gasteiger partial charge in [-0.15, -0.1) is 0 Å². The highest BCUT2D eigenvalue weighted by molar-refractivity contribution is 5.97. The number of benzene rings is 1. The van der Waals surface area contributed by atoms with Crippen molar-refractivity contribution in [1.29, 1.82) is 0 Å². The molecule has 1 aromatic carbocycles. The van der Waals surface area contributed by atoms with Crippen LogP contribution in [0.5, 0.6) is 0 Å². The van der Waals surface area contributed by atoms with Crippen LogP contribution in [0.1, 0.15) is 47.0 Å². The predicted octanol–water partition coefficient (Wildman–Crippen LogP) is 0.0559. The number of carbonyl (C=O) groups excluding carboxylic acids is 4. The Balaban J connectivity index is 2.77. The molecule has 41 heavy (non-hydrogen) atoms. The molecular weight excluding hydrogens is 540 g/mol. The number of hydrogen-bond donors (Lipinski definition) is 9. The van der Waals surface area contributed by atoms with Gasteiger partial charge in [-0.1, -0.05) is 27.7 Å². The molecule has 0 heterocycles. The van der Waals surface area contributed by atoms with Crippen LogP contribution in [0.25, 0.3) is 0 Å². The lowest BCUT2D eigenvalue weighted by Gasteiger charge is -2.26. The SMILES string of the molecule is CC(C)C[C@H](NC(=O)[C@H](CO)NC(=O)Nc1ccc(NC(=O)[C@@H](N)CCC(=O)O)cc1)C(=O)N[C@H](C(=O)O)C(C)C. The molecule has 15 heteroatoms. The summed E-state index contributed by atoms with van der Waals surface area (Å²) in [6.07, 6.45) is -0.113. The third-order valence-electron chi connectivity index (χ3n) is 5.79. The second kappa shape index (κ2) is 16.8. The van der Waals surface area contributed by atoms with E-state index < -0.39 is 72.4 Å². The summed E-state index contributed by atoms with van der Waals surface area (Å²) < 4.78 is 0. The van der Waals surface area contributed by atoms with E-state index in [2.05, 4.69) is 26.6 Å². The Hall–Kier alpha value is -4.24. The third kappa shape index (κ3) is 12.7. The highest BCUT2D eigenvalue weighted by Gasteiger charge is 2.31. The summed E-state index contributed by atoms with van der Waals surface area (Å²) >= 11 is 0. The maximum absolute atomic E-state index is 12.8. The Morgan fingerprint density at radius 3 is 1.78 bits per heavy atom. The predicted molar refractivity (Wildman–Crippen MR) is 149 cm³/mol. The van der Waals surface area contributed by atoms with Crippen molar-refractivity contribution in [3.8, 4) is 0 Å². The molecule has 10 N–H and O–H groups in total. The van der Waals surface area contributed by atoms with Gasteiger partial charge in [0, 0.05) is 17.8 Å². The molecule has 0 unspecified atom stereocenters. The summed E-state index contributed by atoms with van der Waals surface area (Å²) in [6, 6.07) is 0.254. The minimum absolute atomic E-state index is 0.0374. The maximum Gasteiger partial charge on any atom is 0.326 e. The van der Waals surface area contributed by atoms with Crippen LogP contribution in [-0.4, -0.2) is 81.8 Å². The molecule has 5 amide bonds. The molecule has 0 aliphatic rings. The molecule has 15 nitrogen and oxygen atoms in total. The van der Waals surface area contributed by atoms with E-state index in [0.29, 0.717) is 5.69 Å². The Morgan fingerprint density at radius 1 is 0.780 bits per heavy atom. The molecule has 0 aliphatic carbocycles.